The van der Waals surface area contributed by atoms with Crippen LogP contribution in [0.3, 0.4) is 0 Å². The summed E-state index contributed by atoms with van der Waals surface area (Å²) in [7, 11) is 0. The second-order valence-corrected chi connectivity index (χ2v) is 4.89. The number of nitrogens with zero attached hydrogens (tertiary/aromatic N) is 6. The molecule has 0 aliphatic carbocycles. The van der Waals surface area contributed by atoms with Crippen LogP contribution in [-0.2, 0) is 6.54 Å². The van der Waals surface area contributed by atoms with Crippen molar-refractivity contribution in [3.05, 3.63) is 25.0 Å². The van der Waals surface area contributed by atoms with Crippen LogP contribution in [-0.4, -0.2) is 55.6 Å². The Balaban J connectivity index is 1.72. The van der Waals surface area contributed by atoms with Crippen LogP contribution in [0.25, 0.3) is 0 Å². The summed E-state index contributed by atoms with van der Waals surface area (Å²) in [4.78, 5) is 14.8. The molecule has 2 aromatic rings. The Morgan fingerprint density at radius 1 is 1.33 bits per heavy atom. The lowest BCUT2D eigenvalue weighted by Gasteiger charge is -2.25. The Kier molecular flexibility index (Phi) is 4.25. The van der Waals surface area contributed by atoms with Crippen LogP contribution in [0, 0.1) is 0 Å². The van der Waals surface area contributed by atoms with Gasteiger partial charge < -0.3 is 14.7 Å². The number of aromatic nitrogens is 5. The quantitative estimate of drug-likeness (QED) is 0.807. The largest absolute Gasteiger partial charge is 0.474 e. The molecule has 112 valence electrons. The number of rotatable bonds is 6. The Labute approximate surface area is 122 Å². The van der Waals surface area contributed by atoms with Crippen LogP contribution >= 0.6 is 0 Å². The van der Waals surface area contributed by atoms with Crippen LogP contribution < -0.4 is 9.64 Å². The van der Waals surface area contributed by atoms with Crippen LogP contribution in [0.2, 0.25) is 0 Å². The summed E-state index contributed by atoms with van der Waals surface area (Å²) in [5, 5.41) is 13.0. The van der Waals surface area contributed by atoms with Gasteiger partial charge in [0.1, 0.15) is 19.3 Å². The SMILES string of the molecule is OCCOc1cncc(N2CCCC2Cn2cncn2)n1. The minimum Gasteiger partial charge on any atom is -0.474 e. The number of aliphatic hydroxyl groups is 1. The molecule has 3 heterocycles. The third-order valence-corrected chi connectivity index (χ3v) is 3.48. The molecule has 21 heavy (non-hydrogen) atoms. The second-order valence-electron chi connectivity index (χ2n) is 4.89. The Hall–Kier alpha value is -2.22. The highest BCUT2D eigenvalue weighted by molar-refractivity contribution is 5.40. The van der Waals surface area contributed by atoms with Crippen molar-refractivity contribution in [2.75, 3.05) is 24.7 Å². The minimum atomic E-state index is -0.0372. The van der Waals surface area contributed by atoms with E-state index in [1.54, 1.807) is 25.0 Å². The van der Waals surface area contributed by atoms with Gasteiger partial charge in [-0.25, -0.2) is 4.98 Å². The Morgan fingerprint density at radius 3 is 3.10 bits per heavy atom. The highest BCUT2D eigenvalue weighted by atomic mass is 16.5. The summed E-state index contributed by atoms with van der Waals surface area (Å²) in [6.07, 6.45) is 8.77. The molecular formula is C13H18N6O2. The molecule has 8 nitrogen and oxygen atoms in total. The molecule has 0 bridgehead atoms. The van der Waals surface area contributed by atoms with E-state index >= 15 is 0 Å². The first-order chi connectivity index (χ1) is 10.4. The van der Waals surface area contributed by atoms with E-state index in [4.69, 9.17) is 9.84 Å². The summed E-state index contributed by atoms with van der Waals surface area (Å²) in [5.74, 6) is 1.24. The van der Waals surface area contributed by atoms with E-state index in [9.17, 15) is 0 Å². The van der Waals surface area contributed by atoms with Gasteiger partial charge in [0.2, 0.25) is 5.88 Å². The van der Waals surface area contributed by atoms with Crippen LogP contribution in [0.4, 0.5) is 5.82 Å². The highest BCUT2D eigenvalue weighted by Crippen LogP contribution is 2.25. The highest BCUT2D eigenvalue weighted by Gasteiger charge is 2.26. The lowest BCUT2D eigenvalue weighted by atomic mass is 10.2. The average molecular weight is 290 g/mol. The number of anilines is 1. The molecule has 0 radical (unpaired) electrons. The maximum atomic E-state index is 8.79. The van der Waals surface area contributed by atoms with Gasteiger partial charge in [-0.1, -0.05) is 0 Å². The summed E-state index contributed by atoms with van der Waals surface area (Å²) >= 11 is 0. The molecule has 1 aliphatic heterocycles. The van der Waals surface area contributed by atoms with Crippen molar-refractivity contribution in [2.24, 2.45) is 0 Å². The fourth-order valence-electron chi connectivity index (χ4n) is 2.57. The standard InChI is InChI=1S/C13H18N6O2/c20-4-5-21-13-7-14-6-12(17-13)19-3-1-2-11(19)8-18-10-15-9-16-18/h6-7,9-11,20H,1-5,8H2. The molecule has 0 amide bonds. The van der Waals surface area contributed by atoms with E-state index in [0.717, 1.165) is 31.7 Å². The van der Waals surface area contributed by atoms with Gasteiger partial charge in [0.25, 0.3) is 0 Å². The Morgan fingerprint density at radius 2 is 2.29 bits per heavy atom. The zero-order chi connectivity index (χ0) is 14.5. The van der Waals surface area contributed by atoms with Gasteiger partial charge in [-0.2, -0.15) is 10.1 Å². The molecule has 1 N–H and O–H groups in total. The fourth-order valence-corrected chi connectivity index (χ4v) is 2.57. The summed E-state index contributed by atoms with van der Waals surface area (Å²) in [6.45, 7) is 1.91. The van der Waals surface area contributed by atoms with Gasteiger partial charge in [-0.3, -0.25) is 9.67 Å². The smallest absolute Gasteiger partial charge is 0.234 e. The van der Waals surface area contributed by atoms with Crippen LogP contribution in [0.5, 0.6) is 5.88 Å². The number of ether oxygens (including phenoxy) is 1. The van der Waals surface area contributed by atoms with Crippen LogP contribution in [0.15, 0.2) is 25.0 Å². The molecule has 1 saturated heterocycles. The lowest BCUT2D eigenvalue weighted by molar-refractivity contribution is 0.196. The summed E-state index contributed by atoms with van der Waals surface area (Å²) < 4.78 is 7.15. The average Bonchev–Trinajstić information content (AvgIpc) is 3.18. The summed E-state index contributed by atoms with van der Waals surface area (Å²) in [5.41, 5.74) is 0. The zero-order valence-electron chi connectivity index (χ0n) is 11.7. The maximum absolute atomic E-state index is 8.79. The van der Waals surface area contributed by atoms with Gasteiger partial charge in [0, 0.05) is 6.54 Å². The van der Waals surface area contributed by atoms with E-state index in [2.05, 4.69) is 25.0 Å². The minimum absolute atomic E-state index is 0.0372. The third-order valence-electron chi connectivity index (χ3n) is 3.48. The van der Waals surface area contributed by atoms with E-state index in [-0.39, 0.29) is 13.2 Å². The zero-order valence-corrected chi connectivity index (χ0v) is 11.7. The van der Waals surface area contributed by atoms with E-state index in [0.29, 0.717) is 11.9 Å². The number of hydrogen-bond acceptors (Lipinski definition) is 7. The van der Waals surface area contributed by atoms with Gasteiger partial charge in [0.05, 0.1) is 31.6 Å². The molecule has 1 unspecified atom stereocenters. The predicted octanol–water partition coefficient (Wildman–Crippen LogP) is 0.108. The van der Waals surface area contributed by atoms with Crippen LogP contribution in [0.1, 0.15) is 12.8 Å². The molecule has 1 atom stereocenters. The van der Waals surface area contributed by atoms with Crippen molar-refractivity contribution in [3.63, 3.8) is 0 Å². The van der Waals surface area contributed by atoms with Gasteiger partial charge >= 0.3 is 0 Å². The van der Waals surface area contributed by atoms with Crippen molar-refractivity contribution in [1.82, 2.24) is 24.7 Å². The molecule has 1 aliphatic rings. The van der Waals surface area contributed by atoms with Gasteiger partial charge in [-0.05, 0) is 12.8 Å². The topological polar surface area (TPSA) is 89.2 Å². The maximum Gasteiger partial charge on any atom is 0.234 e. The molecule has 2 aromatic heterocycles. The van der Waals surface area contributed by atoms with Gasteiger partial charge in [0.15, 0.2) is 5.82 Å². The first-order valence-electron chi connectivity index (χ1n) is 7.01. The van der Waals surface area contributed by atoms with E-state index in [1.807, 2.05) is 4.68 Å². The first kappa shape index (κ1) is 13.7. The third kappa shape index (κ3) is 3.27. The van der Waals surface area contributed by atoms with Crippen molar-refractivity contribution >= 4 is 5.82 Å². The van der Waals surface area contributed by atoms with E-state index < -0.39 is 0 Å². The fraction of sp³-hybridized carbons (Fsp3) is 0.538. The second kappa shape index (κ2) is 6.49. The van der Waals surface area contributed by atoms with Crippen molar-refractivity contribution in [1.29, 1.82) is 0 Å². The summed E-state index contributed by atoms with van der Waals surface area (Å²) in [6, 6.07) is 0.328. The molecule has 1 fully saturated rings. The molecule has 8 heteroatoms. The van der Waals surface area contributed by atoms with Crippen molar-refractivity contribution < 1.29 is 9.84 Å². The van der Waals surface area contributed by atoms with Crippen molar-refractivity contribution in [2.45, 2.75) is 25.4 Å². The first-order valence-corrected chi connectivity index (χ1v) is 7.01. The molecular weight excluding hydrogens is 272 g/mol. The predicted molar refractivity (Wildman–Crippen MR) is 75.0 cm³/mol. The van der Waals surface area contributed by atoms with E-state index in [1.165, 1.54) is 0 Å². The molecule has 0 saturated carbocycles. The lowest BCUT2D eigenvalue weighted by Crippen LogP contribution is -2.33. The molecule has 0 spiro atoms. The van der Waals surface area contributed by atoms with Crippen molar-refractivity contribution in [3.8, 4) is 5.88 Å². The monoisotopic (exact) mass is 290 g/mol. The number of aliphatic hydroxyl groups excluding tert-OH is 1. The number of hydrogen-bond donors (Lipinski definition) is 1. The normalized spacial score (nSPS) is 18.1. The molecule has 0 aromatic carbocycles. The van der Waals surface area contributed by atoms with Gasteiger partial charge in [-0.15, -0.1) is 0 Å². The Bertz CT molecular complexity index is 562. The molecule has 3 rings (SSSR count).